The van der Waals surface area contributed by atoms with Gasteiger partial charge in [0.1, 0.15) is 11.8 Å². The van der Waals surface area contributed by atoms with Gasteiger partial charge in [-0.1, -0.05) is 6.07 Å². The van der Waals surface area contributed by atoms with Crippen LogP contribution in [0.1, 0.15) is 5.82 Å². The van der Waals surface area contributed by atoms with Crippen molar-refractivity contribution in [3.05, 3.63) is 30.1 Å². The van der Waals surface area contributed by atoms with Gasteiger partial charge in [0, 0.05) is 18.8 Å². The zero-order valence-corrected chi connectivity index (χ0v) is 10.5. The van der Waals surface area contributed by atoms with Gasteiger partial charge in [0.05, 0.1) is 7.11 Å². The summed E-state index contributed by atoms with van der Waals surface area (Å²) in [7, 11) is 3.36. The van der Waals surface area contributed by atoms with Gasteiger partial charge >= 0.3 is 0 Å². The number of nitriles is 1. The van der Waals surface area contributed by atoms with Gasteiger partial charge in [-0.3, -0.25) is 0 Å². The van der Waals surface area contributed by atoms with Crippen LogP contribution in [0.4, 0.5) is 17.6 Å². The fourth-order valence-electron chi connectivity index (χ4n) is 1.52. The van der Waals surface area contributed by atoms with Crippen molar-refractivity contribution in [3.63, 3.8) is 0 Å². The predicted molar refractivity (Wildman–Crippen MR) is 70.0 cm³/mol. The highest BCUT2D eigenvalue weighted by atomic mass is 16.5. The van der Waals surface area contributed by atoms with E-state index in [1.54, 1.807) is 19.1 Å². The van der Waals surface area contributed by atoms with E-state index < -0.39 is 0 Å². The zero-order valence-electron chi connectivity index (χ0n) is 10.5. The monoisotopic (exact) mass is 256 g/mol. The molecule has 0 atom stereocenters. The van der Waals surface area contributed by atoms with Crippen LogP contribution in [0.5, 0.6) is 5.75 Å². The Morgan fingerprint density at radius 2 is 2.11 bits per heavy atom. The molecule has 0 unspecified atom stereocenters. The summed E-state index contributed by atoms with van der Waals surface area (Å²) in [6.07, 6.45) is 0. The van der Waals surface area contributed by atoms with Crippen molar-refractivity contribution in [3.8, 4) is 11.8 Å². The number of hydrogen-bond acceptors (Lipinski definition) is 7. The maximum atomic E-state index is 8.82. The summed E-state index contributed by atoms with van der Waals surface area (Å²) in [6, 6.07) is 9.22. The molecule has 1 aromatic carbocycles. The van der Waals surface area contributed by atoms with Crippen LogP contribution < -0.4 is 15.4 Å². The smallest absolute Gasteiger partial charge is 0.238 e. The second-order valence-corrected chi connectivity index (χ2v) is 3.69. The Morgan fingerprint density at radius 1 is 1.32 bits per heavy atom. The molecule has 1 heterocycles. The van der Waals surface area contributed by atoms with Crippen molar-refractivity contribution in [2.24, 2.45) is 0 Å². The second kappa shape index (κ2) is 5.18. The summed E-state index contributed by atoms with van der Waals surface area (Å²) in [4.78, 5) is 13.4. The molecule has 0 aliphatic rings. The number of ether oxygens (including phenoxy) is 1. The molecule has 7 heteroatoms. The third-order valence-electron chi connectivity index (χ3n) is 2.48. The van der Waals surface area contributed by atoms with Crippen molar-refractivity contribution < 1.29 is 4.74 Å². The van der Waals surface area contributed by atoms with Gasteiger partial charge < -0.3 is 15.4 Å². The average Bonchev–Trinajstić information content (AvgIpc) is 2.45. The third-order valence-corrected chi connectivity index (χ3v) is 2.48. The van der Waals surface area contributed by atoms with E-state index in [1.807, 2.05) is 30.3 Å². The van der Waals surface area contributed by atoms with Gasteiger partial charge in [0.25, 0.3) is 0 Å². The third kappa shape index (κ3) is 2.69. The highest BCUT2D eigenvalue weighted by Gasteiger charge is 2.11. The van der Waals surface area contributed by atoms with E-state index in [0.717, 1.165) is 5.69 Å². The first-order valence-corrected chi connectivity index (χ1v) is 5.43. The lowest BCUT2D eigenvalue weighted by atomic mass is 10.3. The first kappa shape index (κ1) is 12.6. The standard InChI is InChI=1S/C12H12N6O/c1-18(8-4-3-5-9(6-8)19-2)12-16-10(7-13)15-11(14)17-12/h3-6H,1-2H3,(H2,14,15,16,17). The van der Waals surface area contributed by atoms with Crippen LogP contribution in [0.2, 0.25) is 0 Å². The number of benzene rings is 1. The molecule has 0 bridgehead atoms. The van der Waals surface area contributed by atoms with E-state index in [1.165, 1.54) is 0 Å². The largest absolute Gasteiger partial charge is 0.497 e. The summed E-state index contributed by atoms with van der Waals surface area (Å²) >= 11 is 0. The Morgan fingerprint density at radius 3 is 2.79 bits per heavy atom. The molecule has 0 fully saturated rings. The molecule has 0 saturated heterocycles. The number of methoxy groups -OCH3 is 1. The Labute approximate surface area is 110 Å². The van der Waals surface area contributed by atoms with Crippen LogP contribution in [0.15, 0.2) is 24.3 Å². The first-order chi connectivity index (χ1) is 9.13. The normalized spacial score (nSPS) is 9.74. The summed E-state index contributed by atoms with van der Waals surface area (Å²) in [5.41, 5.74) is 6.36. The van der Waals surface area contributed by atoms with Gasteiger partial charge in [0.15, 0.2) is 0 Å². The van der Waals surface area contributed by atoms with Crippen molar-refractivity contribution in [1.29, 1.82) is 5.26 Å². The molecule has 0 spiro atoms. The van der Waals surface area contributed by atoms with E-state index in [2.05, 4.69) is 15.0 Å². The van der Waals surface area contributed by atoms with Crippen LogP contribution in [0, 0.1) is 11.3 Å². The highest BCUT2D eigenvalue weighted by Crippen LogP contribution is 2.24. The molecule has 2 aromatic rings. The van der Waals surface area contributed by atoms with Crippen LogP contribution in [0.25, 0.3) is 0 Å². The Kier molecular flexibility index (Phi) is 3.43. The fourth-order valence-corrected chi connectivity index (χ4v) is 1.52. The van der Waals surface area contributed by atoms with Crippen molar-refractivity contribution in [2.75, 3.05) is 24.8 Å². The number of nitrogens with zero attached hydrogens (tertiary/aromatic N) is 5. The molecular formula is C12H12N6O. The van der Waals surface area contributed by atoms with Gasteiger partial charge in [-0.05, 0) is 12.1 Å². The molecular weight excluding hydrogens is 244 g/mol. The van der Waals surface area contributed by atoms with Crippen LogP contribution in [-0.2, 0) is 0 Å². The van der Waals surface area contributed by atoms with Gasteiger partial charge in [-0.15, -0.1) is 0 Å². The lowest BCUT2D eigenvalue weighted by Gasteiger charge is -2.17. The molecule has 2 rings (SSSR count). The summed E-state index contributed by atoms with van der Waals surface area (Å²) in [5, 5.41) is 8.82. The van der Waals surface area contributed by atoms with E-state index in [-0.39, 0.29) is 11.8 Å². The zero-order chi connectivity index (χ0) is 13.8. The van der Waals surface area contributed by atoms with Crippen molar-refractivity contribution >= 4 is 17.6 Å². The number of rotatable bonds is 3. The quantitative estimate of drug-likeness (QED) is 0.877. The minimum atomic E-state index is -0.0164. The first-order valence-electron chi connectivity index (χ1n) is 5.43. The maximum Gasteiger partial charge on any atom is 0.238 e. The fraction of sp³-hybridized carbons (Fsp3) is 0.167. The Bertz CT molecular complexity index is 636. The molecule has 7 nitrogen and oxygen atoms in total. The van der Waals surface area contributed by atoms with E-state index in [4.69, 9.17) is 15.7 Å². The molecule has 0 radical (unpaired) electrons. The SMILES string of the molecule is COc1cccc(N(C)c2nc(N)nc(C#N)n2)c1. The molecule has 0 saturated carbocycles. The maximum absolute atomic E-state index is 8.82. The minimum Gasteiger partial charge on any atom is -0.497 e. The van der Waals surface area contributed by atoms with Gasteiger partial charge in [-0.25, -0.2) is 0 Å². The lowest BCUT2D eigenvalue weighted by molar-refractivity contribution is 0.415. The van der Waals surface area contributed by atoms with Crippen molar-refractivity contribution in [2.45, 2.75) is 0 Å². The Balaban J connectivity index is 2.40. The predicted octanol–water partition coefficient (Wildman–Crippen LogP) is 1.10. The van der Waals surface area contributed by atoms with Crippen LogP contribution in [0.3, 0.4) is 0 Å². The number of anilines is 3. The summed E-state index contributed by atoms with van der Waals surface area (Å²) < 4.78 is 5.15. The van der Waals surface area contributed by atoms with Crippen LogP contribution >= 0.6 is 0 Å². The molecule has 96 valence electrons. The molecule has 0 aliphatic heterocycles. The Hall–Kier alpha value is -2.88. The number of aromatic nitrogens is 3. The minimum absolute atomic E-state index is 0.0105. The molecule has 0 aliphatic carbocycles. The molecule has 0 amide bonds. The average molecular weight is 256 g/mol. The second-order valence-electron chi connectivity index (χ2n) is 3.69. The summed E-state index contributed by atoms with van der Waals surface area (Å²) in [6.45, 7) is 0. The molecule has 19 heavy (non-hydrogen) atoms. The summed E-state index contributed by atoms with van der Waals surface area (Å²) in [5.74, 6) is 1.01. The number of nitrogens with two attached hydrogens (primary N) is 1. The van der Waals surface area contributed by atoms with Gasteiger partial charge in [0.2, 0.25) is 17.7 Å². The molecule has 1 aromatic heterocycles. The van der Waals surface area contributed by atoms with Crippen LogP contribution in [-0.4, -0.2) is 29.1 Å². The van der Waals surface area contributed by atoms with Gasteiger partial charge in [-0.2, -0.15) is 20.2 Å². The van der Waals surface area contributed by atoms with E-state index in [0.29, 0.717) is 11.7 Å². The lowest BCUT2D eigenvalue weighted by Crippen LogP contribution is -2.15. The molecule has 2 N–H and O–H groups in total. The highest BCUT2D eigenvalue weighted by molar-refractivity contribution is 5.59. The van der Waals surface area contributed by atoms with E-state index in [9.17, 15) is 0 Å². The van der Waals surface area contributed by atoms with Crippen molar-refractivity contribution in [1.82, 2.24) is 15.0 Å². The topological polar surface area (TPSA) is 101 Å². The number of nitrogen functional groups attached to an aromatic ring is 1. The number of hydrogen-bond donors (Lipinski definition) is 1. The van der Waals surface area contributed by atoms with E-state index >= 15 is 0 Å².